The molecule has 0 saturated heterocycles. The van der Waals surface area contributed by atoms with Crippen molar-refractivity contribution in [1.82, 2.24) is 15.0 Å². The highest BCUT2D eigenvalue weighted by Crippen LogP contribution is 2.33. The maximum absolute atomic E-state index is 5.79. The summed E-state index contributed by atoms with van der Waals surface area (Å²) in [7, 11) is 0. The zero-order valence-corrected chi connectivity index (χ0v) is 13.6. The molecule has 5 heteroatoms. The SMILES string of the molecule is CC1c2cnc(-c3ccccn3)nc2CCN1c1ccc(N)cc1. The second kappa shape index (κ2) is 5.92. The predicted molar refractivity (Wildman–Crippen MR) is 95.6 cm³/mol. The average molecular weight is 317 g/mol. The molecule has 24 heavy (non-hydrogen) atoms. The van der Waals surface area contributed by atoms with Crippen LogP contribution in [0.2, 0.25) is 0 Å². The Labute approximate surface area is 141 Å². The van der Waals surface area contributed by atoms with Gasteiger partial charge in [0.1, 0.15) is 5.69 Å². The van der Waals surface area contributed by atoms with Crippen molar-refractivity contribution in [3.05, 3.63) is 66.1 Å². The number of rotatable bonds is 2. The van der Waals surface area contributed by atoms with Gasteiger partial charge in [0.15, 0.2) is 5.82 Å². The molecule has 0 saturated carbocycles. The largest absolute Gasteiger partial charge is 0.399 e. The lowest BCUT2D eigenvalue weighted by Crippen LogP contribution is -2.34. The zero-order chi connectivity index (χ0) is 16.5. The van der Waals surface area contributed by atoms with Gasteiger partial charge in [0.05, 0.1) is 11.7 Å². The summed E-state index contributed by atoms with van der Waals surface area (Å²) in [6.45, 7) is 3.12. The molecule has 0 aliphatic carbocycles. The molecule has 5 nitrogen and oxygen atoms in total. The molecule has 0 radical (unpaired) electrons. The first kappa shape index (κ1) is 14.6. The first-order chi connectivity index (χ1) is 11.7. The molecule has 3 heterocycles. The zero-order valence-electron chi connectivity index (χ0n) is 13.6. The van der Waals surface area contributed by atoms with Crippen LogP contribution in [0.3, 0.4) is 0 Å². The topological polar surface area (TPSA) is 67.9 Å². The second-order valence-electron chi connectivity index (χ2n) is 6.02. The van der Waals surface area contributed by atoms with Gasteiger partial charge in [0, 0.05) is 42.3 Å². The van der Waals surface area contributed by atoms with Gasteiger partial charge in [-0.1, -0.05) is 6.07 Å². The molecular formula is C19H19N5. The van der Waals surface area contributed by atoms with Crippen LogP contribution in [-0.2, 0) is 6.42 Å². The fraction of sp³-hybridized carbons (Fsp3) is 0.211. The van der Waals surface area contributed by atoms with Gasteiger partial charge < -0.3 is 10.6 Å². The predicted octanol–water partition coefficient (Wildman–Crippen LogP) is 3.24. The Morgan fingerprint density at radius 2 is 1.92 bits per heavy atom. The smallest absolute Gasteiger partial charge is 0.178 e. The van der Waals surface area contributed by atoms with E-state index < -0.39 is 0 Å². The first-order valence-electron chi connectivity index (χ1n) is 8.12. The molecule has 2 N–H and O–H groups in total. The van der Waals surface area contributed by atoms with Crippen LogP contribution in [0.4, 0.5) is 11.4 Å². The highest BCUT2D eigenvalue weighted by molar-refractivity contribution is 5.56. The summed E-state index contributed by atoms with van der Waals surface area (Å²) in [5.41, 5.74) is 10.9. The molecule has 3 aromatic rings. The molecule has 2 aromatic heterocycles. The van der Waals surface area contributed by atoms with Gasteiger partial charge in [-0.05, 0) is 43.3 Å². The Hall–Kier alpha value is -2.95. The minimum Gasteiger partial charge on any atom is -0.399 e. The lowest BCUT2D eigenvalue weighted by molar-refractivity contribution is 0.609. The molecule has 0 spiro atoms. The summed E-state index contributed by atoms with van der Waals surface area (Å²) in [6, 6.07) is 14.0. The second-order valence-corrected chi connectivity index (χ2v) is 6.02. The third-order valence-electron chi connectivity index (χ3n) is 4.53. The van der Waals surface area contributed by atoms with E-state index in [-0.39, 0.29) is 6.04 Å². The molecule has 1 aliphatic rings. The van der Waals surface area contributed by atoms with Crippen LogP contribution < -0.4 is 10.6 Å². The molecule has 4 rings (SSSR count). The first-order valence-corrected chi connectivity index (χ1v) is 8.12. The van der Waals surface area contributed by atoms with E-state index in [9.17, 15) is 0 Å². The van der Waals surface area contributed by atoms with Crippen LogP contribution in [0.15, 0.2) is 54.9 Å². The molecule has 120 valence electrons. The Balaban J connectivity index is 1.66. The van der Waals surface area contributed by atoms with Gasteiger partial charge in [-0.15, -0.1) is 0 Å². The molecule has 1 aromatic carbocycles. The van der Waals surface area contributed by atoms with Crippen molar-refractivity contribution in [3.63, 3.8) is 0 Å². The van der Waals surface area contributed by atoms with Crippen LogP contribution in [-0.4, -0.2) is 21.5 Å². The summed E-state index contributed by atoms with van der Waals surface area (Å²) < 4.78 is 0. The number of hydrogen-bond acceptors (Lipinski definition) is 5. The Morgan fingerprint density at radius 1 is 1.08 bits per heavy atom. The molecule has 0 amide bonds. The number of nitrogens with two attached hydrogens (primary N) is 1. The summed E-state index contributed by atoms with van der Waals surface area (Å²) in [4.78, 5) is 16.0. The van der Waals surface area contributed by atoms with E-state index in [1.807, 2.05) is 36.5 Å². The van der Waals surface area contributed by atoms with E-state index in [2.05, 4.69) is 33.9 Å². The monoisotopic (exact) mass is 317 g/mol. The van der Waals surface area contributed by atoms with Crippen LogP contribution in [0.1, 0.15) is 24.2 Å². The summed E-state index contributed by atoms with van der Waals surface area (Å²) >= 11 is 0. The highest BCUT2D eigenvalue weighted by Gasteiger charge is 2.26. The van der Waals surface area contributed by atoms with Gasteiger partial charge in [0.25, 0.3) is 0 Å². The van der Waals surface area contributed by atoms with E-state index in [1.165, 1.54) is 11.3 Å². The number of fused-ring (bicyclic) bond motifs is 1. The number of pyridine rings is 1. The number of nitrogen functional groups attached to an aromatic ring is 1. The fourth-order valence-corrected chi connectivity index (χ4v) is 3.20. The molecule has 1 atom stereocenters. The van der Waals surface area contributed by atoms with Gasteiger partial charge in [-0.2, -0.15) is 0 Å². The summed E-state index contributed by atoms with van der Waals surface area (Å²) in [5.74, 6) is 0.697. The van der Waals surface area contributed by atoms with Gasteiger partial charge in [-0.25, -0.2) is 9.97 Å². The quantitative estimate of drug-likeness (QED) is 0.735. The van der Waals surface area contributed by atoms with Crippen molar-refractivity contribution in [1.29, 1.82) is 0 Å². The molecule has 1 unspecified atom stereocenters. The Morgan fingerprint density at radius 3 is 2.67 bits per heavy atom. The third-order valence-corrected chi connectivity index (χ3v) is 4.53. The summed E-state index contributed by atoms with van der Waals surface area (Å²) in [6.07, 6.45) is 4.61. The number of aromatic nitrogens is 3. The van der Waals surface area contributed by atoms with Crippen molar-refractivity contribution in [3.8, 4) is 11.5 Å². The molecule has 0 bridgehead atoms. The van der Waals surface area contributed by atoms with Crippen LogP contribution >= 0.6 is 0 Å². The van der Waals surface area contributed by atoms with E-state index >= 15 is 0 Å². The van der Waals surface area contributed by atoms with Gasteiger partial charge in [0.2, 0.25) is 0 Å². The number of nitrogens with zero attached hydrogens (tertiary/aromatic N) is 4. The van der Waals surface area contributed by atoms with E-state index in [4.69, 9.17) is 10.7 Å². The molecule has 1 aliphatic heterocycles. The molecule has 0 fully saturated rings. The number of benzene rings is 1. The van der Waals surface area contributed by atoms with Crippen molar-refractivity contribution >= 4 is 11.4 Å². The van der Waals surface area contributed by atoms with Crippen LogP contribution in [0.25, 0.3) is 11.5 Å². The Bertz CT molecular complexity index is 845. The number of hydrogen-bond donors (Lipinski definition) is 1. The van der Waals surface area contributed by atoms with Crippen LogP contribution in [0.5, 0.6) is 0 Å². The maximum Gasteiger partial charge on any atom is 0.178 e. The fourth-order valence-electron chi connectivity index (χ4n) is 3.20. The minimum atomic E-state index is 0.232. The lowest BCUT2D eigenvalue weighted by Gasteiger charge is -2.36. The standard InChI is InChI=1S/C19H19N5/c1-13-16-12-22-19(18-4-2-3-10-21-18)23-17(16)9-11-24(13)15-7-5-14(20)6-8-15/h2-8,10,12-13H,9,11,20H2,1H3. The molecular weight excluding hydrogens is 298 g/mol. The van der Waals surface area contributed by atoms with Crippen molar-refractivity contribution in [2.75, 3.05) is 17.2 Å². The average Bonchev–Trinajstić information content (AvgIpc) is 2.63. The lowest BCUT2D eigenvalue weighted by atomic mass is 9.98. The minimum absolute atomic E-state index is 0.232. The normalized spacial score (nSPS) is 16.7. The van der Waals surface area contributed by atoms with E-state index in [1.54, 1.807) is 6.20 Å². The van der Waals surface area contributed by atoms with E-state index in [0.29, 0.717) is 5.82 Å². The highest BCUT2D eigenvalue weighted by atomic mass is 15.2. The summed E-state index contributed by atoms with van der Waals surface area (Å²) in [5, 5.41) is 0. The van der Waals surface area contributed by atoms with E-state index in [0.717, 1.165) is 30.0 Å². The van der Waals surface area contributed by atoms with Gasteiger partial charge in [-0.3, -0.25) is 4.98 Å². The van der Waals surface area contributed by atoms with Crippen molar-refractivity contribution in [2.24, 2.45) is 0 Å². The maximum atomic E-state index is 5.79. The Kier molecular flexibility index (Phi) is 3.61. The number of anilines is 2. The van der Waals surface area contributed by atoms with Crippen molar-refractivity contribution in [2.45, 2.75) is 19.4 Å². The van der Waals surface area contributed by atoms with Crippen LogP contribution in [0, 0.1) is 0 Å². The third kappa shape index (κ3) is 2.58. The van der Waals surface area contributed by atoms with Crippen molar-refractivity contribution < 1.29 is 0 Å². The van der Waals surface area contributed by atoms with Gasteiger partial charge >= 0.3 is 0 Å².